The third-order valence-electron chi connectivity index (χ3n) is 3.45. The molecule has 20 heavy (non-hydrogen) atoms. The van der Waals surface area contributed by atoms with E-state index in [1.54, 1.807) is 4.90 Å². The Morgan fingerprint density at radius 2 is 2.10 bits per heavy atom. The van der Waals surface area contributed by atoms with Crippen molar-refractivity contribution in [3.05, 3.63) is 35.4 Å². The van der Waals surface area contributed by atoms with Gasteiger partial charge in [0.2, 0.25) is 0 Å². The molecule has 4 nitrogen and oxygen atoms in total. The van der Waals surface area contributed by atoms with Crippen LogP contribution in [0.4, 0.5) is 4.79 Å². The first-order valence-corrected chi connectivity index (χ1v) is 7.10. The van der Waals surface area contributed by atoms with Gasteiger partial charge in [-0.15, -0.1) is 0 Å². The summed E-state index contributed by atoms with van der Waals surface area (Å²) >= 11 is 0. The van der Waals surface area contributed by atoms with E-state index in [0.717, 1.165) is 12.8 Å². The van der Waals surface area contributed by atoms with Crippen LogP contribution in [0, 0.1) is 0 Å². The fraction of sp³-hybridized carbons (Fsp3) is 0.562. The Balaban J connectivity index is 2.20. The molecule has 1 aliphatic rings. The van der Waals surface area contributed by atoms with Gasteiger partial charge in [-0.3, -0.25) is 4.90 Å². The summed E-state index contributed by atoms with van der Waals surface area (Å²) in [5, 5.41) is 9.24. The number of benzene rings is 1. The van der Waals surface area contributed by atoms with E-state index < -0.39 is 5.60 Å². The molecule has 0 aromatic heterocycles. The zero-order chi connectivity index (χ0) is 14.8. The van der Waals surface area contributed by atoms with Gasteiger partial charge in [0.1, 0.15) is 5.60 Å². The minimum Gasteiger partial charge on any atom is -0.444 e. The fourth-order valence-corrected chi connectivity index (χ4v) is 2.66. The largest absolute Gasteiger partial charge is 0.444 e. The van der Waals surface area contributed by atoms with Crippen LogP contribution in [0.15, 0.2) is 24.3 Å². The number of carbonyl (C=O) groups is 1. The Morgan fingerprint density at radius 1 is 1.40 bits per heavy atom. The van der Waals surface area contributed by atoms with Gasteiger partial charge in [0.05, 0.1) is 12.6 Å². The topological polar surface area (TPSA) is 49.8 Å². The van der Waals surface area contributed by atoms with Gasteiger partial charge < -0.3 is 9.84 Å². The number of fused-ring (bicyclic) bond motifs is 1. The molecule has 0 bridgehead atoms. The van der Waals surface area contributed by atoms with Gasteiger partial charge in [-0.25, -0.2) is 4.79 Å². The van der Waals surface area contributed by atoms with E-state index in [4.69, 9.17) is 4.74 Å². The summed E-state index contributed by atoms with van der Waals surface area (Å²) in [7, 11) is 0. The summed E-state index contributed by atoms with van der Waals surface area (Å²) in [5.41, 5.74) is 1.93. The van der Waals surface area contributed by atoms with Crippen LogP contribution in [0.2, 0.25) is 0 Å². The van der Waals surface area contributed by atoms with E-state index in [1.165, 1.54) is 11.1 Å². The van der Waals surface area contributed by atoms with E-state index in [9.17, 15) is 9.90 Å². The van der Waals surface area contributed by atoms with E-state index in [1.807, 2.05) is 32.9 Å². The molecule has 1 aromatic carbocycles. The number of nitrogens with zero attached hydrogens (tertiary/aromatic N) is 1. The molecule has 0 radical (unpaired) electrons. The van der Waals surface area contributed by atoms with Crippen molar-refractivity contribution >= 4 is 6.09 Å². The van der Waals surface area contributed by atoms with Crippen LogP contribution in [0.3, 0.4) is 0 Å². The highest BCUT2D eigenvalue weighted by Gasteiger charge is 2.33. The predicted octanol–water partition coefficient (Wildman–Crippen LogP) is 2.90. The number of ether oxygens (including phenoxy) is 1. The quantitative estimate of drug-likeness (QED) is 0.924. The van der Waals surface area contributed by atoms with E-state index in [0.29, 0.717) is 6.54 Å². The van der Waals surface area contributed by atoms with Crippen molar-refractivity contribution < 1.29 is 14.6 Å². The van der Waals surface area contributed by atoms with E-state index in [2.05, 4.69) is 12.1 Å². The molecular formula is C16H23NO3. The highest BCUT2D eigenvalue weighted by atomic mass is 16.6. The Bertz CT molecular complexity index is 479. The normalized spacial score (nSPS) is 17.7. The first-order valence-electron chi connectivity index (χ1n) is 7.10. The van der Waals surface area contributed by atoms with Crippen LogP contribution >= 0.6 is 0 Å². The van der Waals surface area contributed by atoms with Crippen molar-refractivity contribution in [1.82, 2.24) is 4.90 Å². The van der Waals surface area contributed by atoms with Crippen LogP contribution in [-0.4, -0.2) is 34.9 Å². The molecule has 0 fully saturated rings. The monoisotopic (exact) mass is 277 g/mol. The molecular weight excluding hydrogens is 254 g/mol. The predicted molar refractivity (Wildman–Crippen MR) is 77.5 cm³/mol. The van der Waals surface area contributed by atoms with Crippen molar-refractivity contribution in [2.75, 3.05) is 13.2 Å². The fourth-order valence-electron chi connectivity index (χ4n) is 2.66. The summed E-state index contributed by atoms with van der Waals surface area (Å²) in [6.45, 7) is 5.80. The second kappa shape index (κ2) is 5.83. The maximum Gasteiger partial charge on any atom is 0.410 e. The van der Waals surface area contributed by atoms with Gasteiger partial charge >= 0.3 is 6.09 Å². The summed E-state index contributed by atoms with van der Waals surface area (Å²) < 4.78 is 5.46. The lowest BCUT2D eigenvalue weighted by Gasteiger charge is -2.31. The molecule has 1 aliphatic carbocycles. The van der Waals surface area contributed by atoms with Gasteiger partial charge in [-0.1, -0.05) is 24.3 Å². The highest BCUT2D eigenvalue weighted by Crippen LogP contribution is 2.36. The van der Waals surface area contributed by atoms with Crippen molar-refractivity contribution in [2.45, 2.75) is 45.3 Å². The number of hydrogen-bond donors (Lipinski definition) is 1. The lowest BCUT2D eigenvalue weighted by molar-refractivity contribution is 0.0121. The van der Waals surface area contributed by atoms with Crippen LogP contribution < -0.4 is 0 Å². The van der Waals surface area contributed by atoms with Crippen LogP contribution in [0.1, 0.15) is 44.4 Å². The summed E-state index contributed by atoms with van der Waals surface area (Å²) in [6.07, 6.45) is 1.50. The number of aliphatic hydroxyl groups excluding tert-OH is 1. The molecule has 0 aliphatic heterocycles. The molecule has 1 N–H and O–H groups in total. The third-order valence-corrected chi connectivity index (χ3v) is 3.45. The number of amides is 1. The minimum atomic E-state index is -0.525. The number of aryl methyl sites for hydroxylation is 1. The number of carbonyl (C=O) groups excluding carboxylic acids is 1. The molecule has 0 spiro atoms. The van der Waals surface area contributed by atoms with E-state index >= 15 is 0 Å². The molecule has 4 heteroatoms. The Labute approximate surface area is 120 Å². The van der Waals surface area contributed by atoms with Crippen molar-refractivity contribution in [3.8, 4) is 0 Å². The SMILES string of the molecule is CC(C)(C)OC(=O)N(CCO)C1CCc2ccccc21. The zero-order valence-corrected chi connectivity index (χ0v) is 12.4. The van der Waals surface area contributed by atoms with Gasteiger partial charge in [-0.05, 0) is 44.7 Å². The van der Waals surface area contributed by atoms with Crippen molar-refractivity contribution in [2.24, 2.45) is 0 Å². The lowest BCUT2D eigenvalue weighted by atomic mass is 10.1. The minimum absolute atomic E-state index is 0.00759. The summed E-state index contributed by atoms with van der Waals surface area (Å²) in [6, 6.07) is 8.17. The second-order valence-corrected chi connectivity index (χ2v) is 6.15. The second-order valence-electron chi connectivity index (χ2n) is 6.15. The molecule has 1 unspecified atom stereocenters. The lowest BCUT2D eigenvalue weighted by Crippen LogP contribution is -2.40. The average molecular weight is 277 g/mol. The van der Waals surface area contributed by atoms with Gasteiger partial charge in [0.25, 0.3) is 0 Å². The molecule has 1 amide bonds. The van der Waals surface area contributed by atoms with Gasteiger partial charge in [0.15, 0.2) is 0 Å². The van der Waals surface area contributed by atoms with Crippen LogP contribution in [-0.2, 0) is 11.2 Å². The Morgan fingerprint density at radius 3 is 2.75 bits per heavy atom. The average Bonchev–Trinajstić information content (AvgIpc) is 2.77. The standard InChI is InChI=1S/C16H23NO3/c1-16(2,3)20-15(19)17(10-11-18)14-9-8-12-6-4-5-7-13(12)14/h4-7,14,18H,8-11H2,1-3H3. The molecule has 0 saturated carbocycles. The third kappa shape index (κ3) is 3.31. The zero-order valence-electron chi connectivity index (χ0n) is 12.4. The maximum absolute atomic E-state index is 12.3. The molecule has 0 saturated heterocycles. The van der Waals surface area contributed by atoms with Crippen molar-refractivity contribution in [3.63, 3.8) is 0 Å². The molecule has 1 aromatic rings. The Hall–Kier alpha value is -1.55. The van der Waals surface area contributed by atoms with Crippen LogP contribution in [0.25, 0.3) is 0 Å². The maximum atomic E-state index is 12.3. The molecule has 0 heterocycles. The first kappa shape index (κ1) is 14.9. The Kier molecular flexibility index (Phi) is 4.33. The number of aliphatic hydroxyl groups is 1. The highest BCUT2D eigenvalue weighted by molar-refractivity contribution is 5.69. The number of rotatable bonds is 3. The first-order chi connectivity index (χ1) is 9.42. The molecule has 2 rings (SSSR count). The smallest absolute Gasteiger partial charge is 0.410 e. The molecule has 110 valence electrons. The summed E-state index contributed by atoms with van der Waals surface area (Å²) in [4.78, 5) is 14.0. The van der Waals surface area contributed by atoms with E-state index in [-0.39, 0.29) is 18.7 Å². The van der Waals surface area contributed by atoms with Crippen LogP contribution in [0.5, 0.6) is 0 Å². The van der Waals surface area contributed by atoms with Crippen molar-refractivity contribution in [1.29, 1.82) is 0 Å². The number of hydrogen-bond acceptors (Lipinski definition) is 3. The molecule has 1 atom stereocenters. The van der Waals surface area contributed by atoms with Gasteiger partial charge in [-0.2, -0.15) is 0 Å². The summed E-state index contributed by atoms with van der Waals surface area (Å²) in [5.74, 6) is 0. The van der Waals surface area contributed by atoms with Gasteiger partial charge in [0, 0.05) is 6.54 Å².